The molecule has 9 heteroatoms. The number of carbonyl (C=O) groups is 1. The minimum atomic E-state index is -0.519. The predicted octanol–water partition coefficient (Wildman–Crippen LogP) is 4.61. The smallest absolute Gasteiger partial charge is 0.336 e. The van der Waals surface area contributed by atoms with Crippen LogP contribution in [0.5, 0.6) is 0 Å². The molecule has 0 atom stereocenters. The van der Waals surface area contributed by atoms with Crippen molar-refractivity contribution in [3.63, 3.8) is 0 Å². The molecule has 0 saturated heterocycles. The molecule has 36 heavy (non-hydrogen) atoms. The van der Waals surface area contributed by atoms with Crippen LogP contribution >= 0.6 is 11.8 Å². The van der Waals surface area contributed by atoms with Crippen molar-refractivity contribution in [1.29, 1.82) is 5.26 Å². The van der Waals surface area contributed by atoms with Crippen LogP contribution in [-0.4, -0.2) is 15.5 Å². The molecule has 8 nitrogen and oxygen atoms in total. The zero-order chi connectivity index (χ0) is 25.2. The number of hydrogen-bond donors (Lipinski definition) is 1. The lowest BCUT2D eigenvalue weighted by atomic mass is 10.1. The maximum absolute atomic E-state index is 13.5. The van der Waals surface area contributed by atoms with Crippen LogP contribution in [0.3, 0.4) is 0 Å². The Labute approximate surface area is 208 Å². The lowest BCUT2D eigenvalue weighted by molar-refractivity contribution is -0.114. The summed E-state index contributed by atoms with van der Waals surface area (Å²) in [6.07, 6.45) is 0. The second-order valence-electron chi connectivity index (χ2n) is 7.98. The topological polar surface area (TPSA) is 118 Å². The average molecular weight is 495 g/mol. The first-order valence-electron chi connectivity index (χ1n) is 10.9. The zero-order valence-electron chi connectivity index (χ0n) is 19.0. The standard InChI is InChI=1S/C27H18N4O4S/c1-16(32)29-19-8-11-21-18(12-25(33)35-24(21)13-19)15-36-27-30-23-5-3-2-4-22(23)26(34)31(27)20-9-6-17(14-28)7-10-20/h2-13H,15H2,1H3,(H,29,32). The Bertz CT molecular complexity index is 1800. The molecule has 0 bridgehead atoms. The van der Waals surface area contributed by atoms with Gasteiger partial charge in [0.2, 0.25) is 5.91 Å². The van der Waals surface area contributed by atoms with Gasteiger partial charge in [0, 0.05) is 35.9 Å². The highest BCUT2D eigenvalue weighted by atomic mass is 32.2. The summed E-state index contributed by atoms with van der Waals surface area (Å²) >= 11 is 1.31. The lowest BCUT2D eigenvalue weighted by Crippen LogP contribution is -2.21. The normalized spacial score (nSPS) is 10.9. The first-order valence-corrected chi connectivity index (χ1v) is 11.9. The van der Waals surface area contributed by atoms with Gasteiger partial charge in [-0.15, -0.1) is 0 Å². The minimum absolute atomic E-state index is 0.230. The minimum Gasteiger partial charge on any atom is -0.423 e. The van der Waals surface area contributed by atoms with Gasteiger partial charge in [-0.3, -0.25) is 14.2 Å². The number of rotatable bonds is 5. The van der Waals surface area contributed by atoms with E-state index in [1.54, 1.807) is 60.7 Å². The van der Waals surface area contributed by atoms with Crippen molar-refractivity contribution in [2.45, 2.75) is 17.8 Å². The molecule has 0 saturated carbocycles. The summed E-state index contributed by atoms with van der Waals surface area (Å²) in [4.78, 5) is 41.8. The molecule has 0 aliphatic rings. The van der Waals surface area contributed by atoms with Crippen LogP contribution < -0.4 is 16.5 Å². The van der Waals surface area contributed by atoms with Crippen LogP contribution in [-0.2, 0) is 10.5 Å². The highest BCUT2D eigenvalue weighted by Gasteiger charge is 2.15. The largest absolute Gasteiger partial charge is 0.423 e. The number of thioether (sulfide) groups is 1. The summed E-state index contributed by atoms with van der Waals surface area (Å²) < 4.78 is 6.87. The van der Waals surface area contributed by atoms with Gasteiger partial charge in [-0.05, 0) is 54.1 Å². The molecule has 0 aliphatic heterocycles. The molecule has 3 aromatic carbocycles. The zero-order valence-corrected chi connectivity index (χ0v) is 19.8. The fourth-order valence-corrected chi connectivity index (χ4v) is 4.90. The van der Waals surface area contributed by atoms with Crippen molar-refractivity contribution in [2.75, 3.05) is 5.32 Å². The lowest BCUT2D eigenvalue weighted by Gasteiger charge is -2.14. The average Bonchev–Trinajstić information content (AvgIpc) is 2.87. The third kappa shape index (κ3) is 4.50. The molecule has 0 unspecified atom stereocenters. The highest BCUT2D eigenvalue weighted by molar-refractivity contribution is 7.98. The van der Waals surface area contributed by atoms with Crippen LogP contribution in [0.2, 0.25) is 0 Å². The van der Waals surface area contributed by atoms with E-state index in [9.17, 15) is 14.4 Å². The second-order valence-corrected chi connectivity index (χ2v) is 8.92. The number of nitriles is 1. The number of nitrogens with one attached hydrogen (secondary N) is 1. The van der Waals surface area contributed by atoms with Crippen LogP contribution in [0.25, 0.3) is 27.6 Å². The van der Waals surface area contributed by atoms with E-state index in [4.69, 9.17) is 14.7 Å². The van der Waals surface area contributed by atoms with Gasteiger partial charge >= 0.3 is 5.63 Å². The number of anilines is 1. The summed E-state index contributed by atoms with van der Waals surface area (Å²) in [5.41, 5.74) is 2.45. The Kier molecular flexibility index (Phi) is 6.10. The number of amides is 1. The van der Waals surface area contributed by atoms with E-state index in [1.165, 1.54) is 29.3 Å². The van der Waals surface area contributed by atoms with Crippen LogP contribution in [0.1, 0.15) is 18.1 Å². The van der Waals surface area contributed by atoms with Gasteiger partial charge in [0.1, 0.15) is 5.58 Å². The monoisotopic (exact) mass is 494 g/mol. The molecular formula is C27H18N4O4S. The van der Waals surface area contributed by atoms with E-state index < -0.39 is 5.63 Å². The highest BCUT2D eigenvalue weighted by Crippen LogP contribution is 2.29. The first kappa shape index (κ1) is 23.1. The third-order valence-corrected chi connectivity index (χ3v) is 6.49. The van der Waals surface area contributed by atoms with Gasteiger partial charge < -0.3 is 9.73 Å². The number of carbonyl (C=O) groups excluding carboxylic acids is 1. The van der Waals surface area contributed by atoms with Gasteiger partial charge in [-0.1, -0.05) is 23.9 Å². The van der Waals surface area contributed by atoms with Crippen molar-refractivity contribution >= 4 is 45.2 Å². The van der Waals surface area contributed by atoms with Crippen LogP contribution in [0.15, 0.2) is 92.0 Å². The molecule has 0 radical (unpaired) electrons. The SMILES string of the molecule is CC(=O)Nc1ccc2c(CSc3nc4ccccc4c(=O)n3-c3ccc(C#N)cc3)cc(=O)oc2c1. The van der Waals surface area contributed by atoms with E-state index in [1.807, 2.05) is 6.07 Å². The molecule has 5 rings (SSSR count). The van der Waals surface area contributed by atoms with Gasteiger partial charge in [-0.25, -0.2) is 9.78 Å². The fraction of sp³-hybridized carbons (Fsp3) is 0.0741. The van der Waals surface area contributed by atoms with E-state index in [0.717, 1.165) is 0 Å². The van der Waals surface area contributed by atoms with Crippen molar-refractivity contribution in [2.24, 2.45) is 0 Å². The summed E-state index contributed by atoms with van der Waals surface area (Å²) in [6, 6.07) is 22.4. The third-order valence-electron chi connectivity index (χ3n) is 5.51. The summed E-state index contributed by atoms with van der Waals surface area (Å²) in [5.74, 6) is 0.106. The number of aromatic nitrogens is 2. The van der Waals surface area contributed by atoms with Gasteiger partial charge in [0.25, 0.3) is 5.56 Å². The number of hydrogen-bond acceptors (Lipinski definition) is 7. The van der Waals surface area contributed by atoms with Crippen molar-refractivity contribution in [3.05, 3.63) is 105 Å². The molecule has 0 fully saturated rings. The second kappa shape index (κ2) is 9.52. The van der Waals surface area contributed by atoms with Crippen molar-refractivity contribution in [3.8, 4) is 11.8 Å². The molecule has 176 valence electrons. The van der Waals surface area contributed by atoms with E-state index in [-0.39, 0.29) is 11.5 Å². The van der Waals surface area contributed by atoms with Crippen molar-refractivity contribution < 1.29 is 9.21 Å². The quantitative estimate of drug-likeness (QED) is 0.215. The Balaban J connectivity index is 1.59. The molecule has 5 aromatic rings. The molecule has 0 aliphatic carbocycles. The maximum atomic E-state index is 13.5. The predicted molar refractivity (Wildman–Crippen MR) is 138 cm³/mol. The maximum Gasteiger partial charge on any atom is 0.336 e. The van der Waals surface area contributed by atoms with Crippen LogP contribution in [0.4, 0.5) is 5.69 Å². The molecular weight excluding hydrogens is 476 g/mol. The number of fused-ring (bicyclic) bond motifs is 2. The number of benzene rings is 3. The van der Waals surface area contributed by atoms with E-state index in [2.05, 4.69) is 11.4 Å². The van der Waals surface area contributed by atoms with Crippen molar-refractivity contribution in [1.82, 2.24) is 9.55 Å². The number of para-hydroxylation sites is 1. The Morgan fingerprint density at radius 3 is 2.58 bits per heavy atom. The Morgan fingerprint density at radius 1 is 1.06 bits per heavy atom. The molecule has 1 N–H and O–H groups in total. The molecule has 2 aromatic heterocycles. The summed E-state index contributed by atoms with van der Waals surface area (Å²) in [7, 11) is 0. The molecule has 2 heterocycles. The molecule has 0 spiro atoms. The summed E-state index contributed by atoms with van der Waals surface area (Å²) in [6.45, 7) is 1.40. The van der Waals surface area contributed by atoms with Crippen LogP contribution in [0, 0.1) is 11.3 Å². The first-order chi connectivity index (χ1) is 17.4. The van der Waals surface area contributed by atoms with E-state index in [0.29, 0.717) is 55.3 Å². The molecule has 1 amide bonds. The van der Waals surface area contributed by atoms with Gasteiger partial charge in [-0.2, -0.15) is 5.26 Å². The van der Waals surface area contributed by atoms with Gasteiger partial charge in [0.05, 0.1) is 28.2 Å². The fourth-order valence-electron chi connectivity index (χ4n) is 3.89. The Hall–Kier alpha value is -4.68. The Morgan fingerprint density at radius 2 is 1.83 bits per heavy atom. The van der Waals surface area contributed by atoms with E-state index >= 15 is 0 Å². The van der Waals surface area contributed by atoms with Gasteiger partial charge in [0.15, 0.2) is 5.16 Å². The summed E-state index contributed by atoms with van der Waals surface area (Å²) in [5, 5.41) is 13.4. The number of nitrogens with zero attached hydrogens (tertiary/aromatic N) is 3.